The Morgan fingerprint density at radius 1 is 1.29 bits per heavy atom. The summed E-state index contributed by atoms with van der Waals surface area (Å²) in [6.07, 6.45) is 1.47. The van der Waals surface area contributed by atoms with Gasteiger partial charge in [0, 0.05) is 17.9 Å². The van der Waals surface area contributed by atoms with Crippen molar-refractivity contribution >= 4 is 28.3 Å². The van der Waals surface area contributed by atoms with E-state index < -0.39 is 0 Å². The van der Waals surface area contributed by atoms with Gasteiger partial charge in [0.25, 0.3) is 5.91 Å². The number of furan rings is 2. The third-order valence-electron chi connectivity index (χ3n) is 3.22. The lowest BCUT2D eigenvalue weighted by atomic mass is 10.3. The maximum atomic E-state index is 12.1. The van der Waals surface area contributed by atoms with Crippen molar-refractivity contribution in [2.24, 2.45) is 0 Å². The monoisotopic (exact) mass is 345 g/mol. The summed E-state index contributed by atoms with van der Waals surface area (Å²) < 4.78 is 10.8. The SMILES string of the molecule is CC(=O)NCc1ccc(-c2csc(NC(=O)c3occc3C)n2)o1. The van der Waals surface area contributed by atoms with Crippen LogP contribution in [0.3, 0.4) is 0 Å². The van der Waals surface area contributed by atoms with Gasteiger partial charge in [-0.05, 0) is 25.1 Å². The fraction of sp³-hybridized carbons (Fsp3) is 0.188. The molecule has 0 spiro atoms. The Hall–Kier alpha value is -2.87. The molecule has 124 valence electrons. The van der Waals surface area contributed by atoms with E-state index in [0.717, 1.165) is 5.56 Å². The van der Waals surface area contributed by atoms with Gasteiger partial charge in [-0.3, -0.25) is 14.9 Å². The van der Waals surface area contributed by atoms with Crippen LogP contribution in [0.5, 0.6) is 0 Å². The highest BCUT2D eigenvalue weighted by Crippen LogP contribution is 2.27. The predicted molar refractivity (Wildman–Crippen MR) is 88.7 cm³/mol. The molecule has 24 heavy (non-hydrogen) atoms. The Bertz CT molecular complexity index is 877. The molecule has 7 nitrogen and oxygen atoms in total. The highest BCUT2D eigenvalue weighted by atomic mass is 32.1. The zero-order valence-corrected chi connectivity index (χ0v) is 13.9. The van der Waals surface area contributed by atoms with Crippen LogP contribution in [-0.2, 0) is 11.3 Å². The second-order valence-corrected chi connectivity index (χ2v) is 5.96. The van der Waals surface area contributed by atoms with Crippen molar-refractivity contribution in [2.75, 3.05) is 5.32 Å². The van der Waals surface area contributed by atoms with Crippen molar-refractivity contribution in [1.82, 2.24) is 10.3 Å². The third kappa shape index (κ3) is 3.54. The quantitative estimate of drug-likeness (QED) is 0.740. The van der Waals surface area contributed by atoms with Crippen LogP contribution in [0.25, 0.3) is 11.5 Å². The van der Waals surface area contributed by atoms with Gasteiger partial charge in [0.15, 0.2) is 16.7 Å². The zero-order valence-electron chi connectivity index (χ0n) is 13.1. The molecule has 0 aliphatic carbocycles. The van der Waals surface area contributed by atoms with Crippen molar-refractivity contribution < 1.29 is 18.4 Å². The molecule has 3 heterocycles. The summed E-state index contributed by atoms with van der Waals surface area (Å²) in [7, 11) is 0. The fourth-order valence-corrected chi connectivity index (χ4v) is 2.72. The summed E-state index contributed by atoms with van der Waals surface area (Å²) in [6, 6.07) is 5.27. The Labute approximate surface area is 141 Å². The van der Waals surface area contributed by atoms with Crippen molar-refractivity contribution in [3.05, 3.63) is 46.9 Å². The van der Waals surface area contributed by atoms with Gasteiger partial charge >= 0.3 is 0 Å². The molecule has 0 aliphatic rings. The number of anilines is 1. The maximum Gasteiger partial charge on any atom is 0.293 e. The molecule has 2 N–H and O–H groups in total. The van der Waals surface area contributed by atoms with Crippen LogP contribution in [0.4, 0.5) is 5.13 Å². The lowest BCUT2D eigenvalue weighted by molar-refractivity contribution is -0.119. The van der Waals surface area contributed by atoms with E-state index in [2.05, 4.69) is 15.6 Å². The van der Waals surface area contributed by atoms with Crippen molar-refractivity contribution in [2.45, 2.75) is 20.4 Å². The summed E-state index contributed by atoms with van der Waals surface area (Å²) in [5, 5.41) is 7.59. The van der Waals surface area contributed by atoms with Crippen LogP contribution in [0.2, 0.25) is 0 Å². The second-order valence-electron chi connectivity index (χ2n) is 5.10. The number of aryl methyl sites for hydroxylation is 1. The number of carbonyl (C=O) groups excluding carboxylic acids is 2. The normalized spacial score (nSPS) is 10.6. The smallest absolute Gasteiger partial charge is 0.293 e. The van der Waals surface area contributed by atoms with Gasteiger partial charge < -0.3 is 14.2 Å². The number of thiazole rings is 1. The van der Waals surface area contributed by atoms with Gasteiger partial charge in [0.05, 0.1) is 12.8 Å². The van der Waals surface area contributed by atoms with E-state index >= 15 is 0 Å². The first kappa shape index (κ1) is 16.0. The minimum absolute atomic E-state index is 0.125. The van der Waals surface area contributed by atoms with E-state index in [4.69, 9.17) is 8.83 Å². The van der Waals surface area contributed by atoms with Gasteiger partial charge in [0.1, 0.15) is 11.5 Å². The Morgan fingerprint density at radius 2 is 2.12 bits per heavy atom. The Balaban J connectivity index is 1.68. The number of hydrogen-bond donors (Lipinski definition) is 2. The average Bonchev–Trinajstić information content (AvgIpc) is 3.24. The number of nitrogens with zero attached hydrogens (tertiary/aromatic N) is 1. The summed E-state index contributed by atoms with van der Waals surface area (Å²) in [5.41, 5.74) is 1.37. The molecule has 0 aromatic carbocycles. The molecule has 0 bridgehead atoms. The molecule has 0 atom stereocenters. The standard InChI is InChI=1S/C16H15N3O4S/c1-9-5-6-22-14(9)15(21)19-16-18-12(8-24-16)13-4-3-11(23-13)7-17-10(2)20/h3-6,8H,7H2,1-2H3,(H,17,20)(H,18,19,21). The molecule has 0 saturated heterocycles. The first-order chi connectivity index (χ1) is 11.5. The van der Waals surface area contributed by atoms with Gasteiger partial charge in [-0.1, -0.05) is 0 Å². The number of nitrogens with one attached hydrogen (secondary N) is 2. The third-order valence-corrected chi connectivity index (χ3v) is 3.98. The molecule has 3 rings (SSSR count). The van der Waals surface area contributed by atoms with Crippen LogP contribution in [-0.4, -0.2) is 16.8 Å². The molecule has 3 aromatic heterocycles. The number of rotatable bonds is 5. The van der Waals surface area contributed by atoms with Gasteiger partial charge in [-0.25, -0.2) is 4.98 Å². The molecule has 0 aliphatic heterocycles. The number of carbonyl (C=O) groups is 2. The fourth-order valence-electron chi connectivity index (χ4n) is 2.03. The Morgan fingerprint density at radius 3 is 2.83 bits per heavy atom. The van der Waals surface area contributed by atoms with E-state index in [1.54, 1.807) is 30.5 Å². The maximum absolute atomic E-state index is 12.1. The first-order valence-corrected chi connectivity index (χ1v) is 8.05. The summed E-state index contributed by atoms with van der Waals surface area (Å²) in [5.74, 6) is 0.998. The molecule has 3 aromatic rings. The highest BCUT2D eigenvalue weighted by molar-refractivity contribution is 7.14. The van der Waals surface area contributed by atoms with E-state index in [-0.39, 0.29) is 17.6 Å². The minimum atomic E-state index is -0.343. The largest absolute Gasteiger partial charge is 0.459 e. The van der Waals surface area contributed by atoms with E-state index in [1.165, 1.54) is 24.5 Å². The number of aromatic nitrogens is 1. The van der Waals surface area contributed by atoms with Gasteiger partial charge in [-0.15, -0.1) is 11.3 Å². The van der Waals surface area contributed by atoms with Crippen LogP contribution >= 0.6 is 11.3 Å². The number of hydrogen-bond acceptors (Lipinski definition) is 6. The second kappa shape index (κ2) is 6.71. The van der Waals surface area contributed by atoms with E-state index in [0.29, 0.717) is 28.9 Å². The predicted octanol–water partition coefficient (Wildman–Crippen LogP) is 3.19. The zero-order chi connectivity index (χ0) is 17.1. The molecule has 0 fully saturated rings. The molecule has 0 unspecified atom stereocenters. The van der Waals surface area contributed by atoms with Crippen molar-refractivity contribution in [3.8, 4) is 11.5 Å². The van der Waals surface area contributed by atoms with Gasteiger partial charge in [0.2, 0.25) is 5.91 Å². The van der Waals surface area contributed by atoms with E-state index in [9.17, 15) is 9.59 Å². The summed E-state index contributed by atoms with van der Waals surface area (Å²) in [4.78, 5) is 27.3. The van der Waals surface area contributed by atoms with Crippen LogP contribution < -0.4 is 10.6 Å². The van der Waals surface area contributed by atoms with Crippen LogP contribution in [0.1, 0.15) is 28.8 Å². The summed E-state index contributed by atoms with van der Waals surface area (Å²) >= 11 is 1.29. The number of amides is 2. The van der Waals surface area contributed by atoms with Crippen LogP contribution in [0.15, 0.2) is 38.7 Å². The molecular formula is C16H15N3O4S. The first-order valence-electron chi connectivity index (χ1n) is 7.17. The molecule has 0 saturated carbocycles. The molecular weight excluding hydrogens is 330 g/mol. The lowest BCUT2D eigenvalue weighted by Crippen LogP contribution is -2.18. The molecule has 2 amide bonds. The highest BCUT2D eigenvalue weighted by Gasteiger charge is 2.16. The topological polar surface area (TPSA) is 97.4 Å². The lowest BCUT2D eigenvalue weighted by Gasteiger charge is -1.99. The van der Waals surface area contributed by atoms with Crippen molar-refractivity contribution in [1.29, 1.82) is 0 Å². The van der Waals surface area contributed by atoms with Crippen molar-refractivity contribution in [3.63, 3.8) is 0 Å². The van der Waals surface area contributed by atoms with Gasteiger partial charge in [-0.2, -0.15) is 0 Å². The molecule has 0 radical (unpaired) electrons. The summed E-state index contributed by atoms with van der Waals surface area (Å²) in [6.45, 7) is 3.56. The van der Waals surface area contributed by atoms with E-state index in [1.807, 2.05) is 0 Å². The molecule has 8 heteroatoms. The van der Waals surface area contributed by atoms with Crippen LogP contribution in [0, 0.1) is 6.92 Å². The Kier molecular flexibility index (Phi) is 4.48. The minimum Gasteiger partial charge on any atom is -0.459 e. The average molecular weight is 345 g/mol.